The van der Waals surface area contributed by atoms with Crippen LogP contribution in [-0.4, -0.2) is 39.5 Å². The van der Waals surface area contributed by atoms with Crippen molar-refractivity contribution in [1.29, 1.82) is 0 Å². The molecular weight excluding hydrogens is 452 g/mol. The molecule has 182 valence electrons. The first-order valence-electron chi connectivity index (χ1n) is 11.3. The molecule has 1 aliphatic heterocycles. The van der Waals surface area contributed by atoms with Gasteiger partial charge in [0.1, 0.15) is 6.42 Å². The summed E-state index contributed by atoms with van der Waals surface area (Å²) in [5.41, 5.74) is -0.619. The Hall–Kier alpha value is -2.89. The lowest BCUT2D eigenvalue weighted by Gasteiger charge is -2.24. The van der Waals surface area contributed by atoms with Crippen LogP contribution < -0.4 is 0 Å². The molecule has 1 aromatic heterocycles. The van der Waals surface area contributed by atoms with Gasteiger partial charge in [0.05, 0.1) is 34.4 Å². The number of hydrogen-bond acceptors (Lipinski definition) is 7. The molecule has 1 unspecified atom stereocenters. The van der Waals surface area contributed by atoms with Gasteiger partial charge in [-0.25, -0.2) is 4.98 Å². The number of rotatable bonds is 2. The van der Waals surface area contributed by atoms with Gasteiger partial charge in [-0.15, -0.1) is 11.3 Å². The first-order valence-corrected chi connectivity index (χ1v) is 12.2. The predicted octanol–water partition coefficient (Wildman–Crippen LogP) is 4.90. The highest BCUT2D eigenvalue weighted by atomic mass is 32.1. The fourth-order valence-electron chi connectivity index (χ4n) is 3.86. The van der Waals surface area contributed by atoms with E-state index in [1.807, 2.05) is 31.4 Å². The fraction of sp³-hybridized carbons (Fsp3) is 0.500. The van der Waals surface area contributed by atoms with E-state index in [9.17, 15) is 19.5 Å². The van der Waals surface area contributed by atoms with Crippen LogP contribution >= 0.6 is 11.3 Å². The van der Waals surface area contributed by atoms with Crippen LogP contribution in [0.3, 0.4) is 0 Å². The normalized spacial score (nSPS) is 29.4. The fourth-order valence-corrected chi connectivity index (χ4v) is 4.43. The number of carbonyl (C=O) groups excluding carboxylic acids is 3. The second-order valence-corrected chi connectivity index (χ2v) is 9.87. The summed E-state index contributed by atoms with van der Waals surface area (Å²) in [7, 11) is 0. The molecule has 34 heavy (non-hydrogen) atoms. The van der Waals surface area contributed by atoms with Gasteiger partial charge in [-0.3, -0.25) is 14.4 Å². The number of aliphatic hydroxyl groups excluding tert-OH is 1. The second kappa shape index (κ2) is 12.0. The number of ketones is 2. The number of allylic oxidation sites excluding steroid dienone is 2. The summed E-state index contributed by atoms with van der Waals surface area (Å²) in [6, 6.07) is 0. The maximum absolute atomic E-state index is 12.7. The van der Waals surface area contributed by atoms with Crippen LogP contribution in [0.4, 0.5) is 0 Å². The van der Waals surface area contributed by atoms with Crippen LogP contribution in [0.5, 0.6) is 0 Å². The van der Waals surface area contributed by atoms with E-state index in [4.69, 9.17) is 11.3 Å². The maximum Gasteiger partial charge on any atom is 0.449 e. The zero-order valence-corrected chi connectivity index (χ0v) is 21.1. The molecule has 2 heterocycles. The molecular formula is C26H33N2O5S+. The van der Waals surface area contributed by atoms with Crippen molar-refractivity contribution < 1.29 is 24.2 Å². The number of cyclic esters (lactones) is 1. The molecule has 0 fully saturated rings. The first kappa shape index (κ1) is 27.4. The molecule has 0 aromatic carbocycles. The van der Waals surface area contributed by atoms with Crippen molar-refractivity contribution in [3.05, 3.63) is 50.8 Å². The first-order chi connectivity index (χ1) is 16.0. The van der Waals surface area contributed by atoms with E-state index in [1.165, 1.54) is 11.3 Å². The van der Waals surface area contributed by atoms with Gasteiger partial charge in [0, 0.05) is 11.3 Å². The minimum absolute atomic E-state index is 0.141. The number of nitrogens with zero attached hydrogens (tertiary/aromatic N) is 2. The molecule has 1 aliphatic rings. The van der Waals surface area contributed by atoms with Crippen LogP contribution in [0.1, 0.15) is 63.6 Å². The standard InChI is InChI=1S/C26H33N2O5S/c1-16-11-9-7-8-10-12-26(27-6,17(2)13-21-15-34-20(5)28-21)33-23(30)14-22(29)18(3)25(32)19(4)24(16)31/h6,8,10,13,15-16,19,24,31H,3,7,9,11-12,14H2,1-2,4-5H3/q+1/b10-8-,17-13+/t16-,19+,24-,26?/m0/s1. The van der Waals surface area contributed by atoms with Crippen LogP contribution in [0, 0.1) is 25.3 Å². The lowest BCUT2D eigenvalue weighted by molar-refractivity contribution is -0.153. The summed E-state index contributed by atoms with van der Waals surface area (Å²) in [5.74, 6) is -3.16. The van der Waals surface area contributed by atoms with Gasteiger partial charge in [0.15, 0.2) is 11.6 Å². The van der Waals surface area contributed by atoms with Crippen LogP contribution in [0.25, 0.3) is 10.9 Å². The Morgan fingerprint density at radius 2 is 2.06 bits per heavy atom. The SMILES string of the molecule is C#[N+]C1(/C(C)=C/c2csc(C)n2)C/C=C\CCC[C@H](C)[C@H](O)[C@@H](C)C(=O)C(=C)C(=O)CC(=O)O1. The average molecular weight is 486 g/mol. The highest BCUT2D eigenvalue weighted by Gasteiger charge is 2.47. The Morgan fingerprint density at radius 3 is 2.68 bits per heavy atom. The molecule has 0 saturated carbocycles. The number of carbonyl (C=O) groups is 3. The molecule has 7 nitrogen and oxygen atoms in total. The lowest BCUT2D eigenvalue weighted by Crippen LogP contribution is -2.35. The van der Waals surface area contributed by atoms with Gasteiger partial charge in [-0.1, -0.05) is 32.6 Å². The monoisotopic (exact) mass is 485 g/mol. The van der Waals surface area contributed by atoms with Gasteiger partial charge in [0.2, 0.25) is 0 Å². The number of thiazole rings is 1. The molecule has 0 aliphatic carbocycles. The van der Waals surface area contributed by atoms with Crippen molar-refractivity contribution in [3.8, 4) is 6.57 Å². The van der Waals surface area contributed by atoms with Crippen molar-refractivity contribution in [3.63, 3.8) is 0 Å². The third kappa shape index (κ3) is 6.81. The second-order valence-electron chi connectivity index (χ2n) is 8.81. The van der Waals surface area contributed by atoms with Gasteiger partial charge < -0.3 is 9.84 Å². The Labute approximate surface area is 205 Å². The minimum atomic E-state index is -1.52. The molecule has 4 atom stereocenters. The van der Waals surface area contributed by atoms with E-state index in [1.54, 1.807) is 19.9 Å². The van der Waals surface area contributed by atoms with Crippen molar-refractivity contribution in [2.24, 2.45) is 11.8 Å². The zero-order chi connectivity index (χ0) is 25.5. The summed E-state index contributed by atoms with van der Waals surface area (Å²) in [6.07, 6.45) is 6.32. The Bertz CT molecular complexity index is 1050. The summed E-state index contributed by atoms with van der Waals surface area (Å²) in [4.78, 5) is 46.4. The van der Waals surface area contributed by atoms with Gasteiger partial charge >= 0.3 is 11.7 Å². The van der Waals surface area contributed by atoms with E-state index >= 15 is 0 Å². The lowest BCUT2D eigenvalue weighted by atomic mass is 9.84. The van der Waals surface area contributed by atoms with E-state index in [0.29, 0.717) is 17.7 Å². The molecule has 0 bridgehead atoms. The summed E-state index contributed by atoms with van der Waals surface area (Å²) in [5, 5.41) is 13.3. The molecule has 1 aromatic rings. The van der Waals surface area contributed by atoms with Gasteiger partial charge in [-0.2, -0.15) is 0 Å². The largest absolute Gasteiger partial charge is 0.449 e. The topological polar surface area (TPSA) is 97.9 Å². The number of Topliss-reactive ketones (excluding diaryl/α,β-unsaturated/α-hetero) is 2. The van der Waals surface area contributed by atoms with E-state index in [2.05, 4.69) is 16.4 Å². The number of ether oxygens (including phenoxy) is 1. The highest BCUT2D eigenvalue weighted by Crippen LogP contribution is 2.31. The summed E-state index contributed by atoms with van der Waals surface area (Å²) in [6.45, 7) is 16.4. The van der Waals surface area contributed by atoms with Crippen molar-refractivity contribution >= 4 is 34.9 Å². The molecule has 0 amide bonds. The van der Waals surface area contributed by atoms with E-state index < -0.39 is 41.7 Å². The van der Waals surface area contributed by atoms with Crippen molar-refractivity contribution in [2.45, 2.75) is 71.6 Å². The minimum Gasteiger partial charge on any atom is -0.392 e. The number of esters is 1. The number of aromatic nitrogens is 1. The van der Waals surface area contributed by atoms with Crippen LogP contribution in [0.2, 0.25) is 0 Å². The predicted molar refractivity (Wildman–Crippen MR) is 133 cm³/mol. The van der Waals surface area contributed by atoms with E-state index in [0.717, 1.165) is 17.8 Å². The third-order valence-corrected chi connectivity index (χ3v) is 6.94. The van der Waals surface area contributed by atoms with Gasteiger partial charge in [0.25, 0.3) is 6.57 Å². The maximum atomic E-state index is 12.7. The van der Waals surface area contributed by atoms with Crippen LogP contribution in [0.15, 0.2) is 35.3 Å². The smallest absolute Gasteiger partial charge is 0.392 e. The van der Waals surface area contributed by atoms with Gasteiger partial charge in [-0.05, 0) is 49.9 Å². The average Bonchev–Trinajstić information content (AvgIpc) is 3.21. The van der Waals surface area contributed by atoms with E-state index in [-0.39, 0.29) is 17.9 Å². The summed E-state index contributed by atoms with van der Waals surface area (Å²) < 4.78 is 5.65. The molecule has 2 rings (SSSR count). The molecule has 0 radical (unpaired) electrons. The highest BCUT2D eigenvalue weighted by molar-refractivity contribution is 7.09. The van der Waals surface area contributed by atoms with Crippen LogP contribution in [-0.2, 0) is 19.1 Å². The molecule has 8 heteroatoms. The number of aryl methyl sites for hydroxylation is 1. The van der Waals surface area contributed by atoms with Crippen molar-refractivity contribution in [2.75, 3.05) is 0 Å². The Balaban J connectivity index is 2.39. The summed E-state index contributed by atoms with van der Waals surface area (Å²) >= 11 is 1.48. The molecule has 1 N–H and O–H groups in total. The quantitative estimate of drug-likeness (QED) is 0.210. The number of aliphatic hydroxyl groups is 1. The third-order valence-electron chi connectivity index (χ3n) is 6.15. The molecule has 0 saturated heterocycles. The Morgan fingerprint density at radius 1 is 1.35 bits per heavy atom. The zero-order valence-electron chi connectivity index (χ0n) is 20.2. The Kier molecular flexibility index (Phi) is 9.66. The molecule has 0 spiro atoms. The number of hydrogen-bond donors (Lipinski definition) is 1. The van der Waals surface area contributed by atoms with Crippen molar-refractivity contribution in [1.82, 2.24) is 4.98 Å².